The van der Waals surface area contributed by atoms with Gasteiger partial charge in [-0.1, -0.05) is 23.7 Å². The number of nitrogens with one attached hydrogen (secondary N) is 3. The van der Waals surface area contributed by atoms with Crippen LogP contribution in [0.2, 0.25) is 5.02 Å². The molecule has 0 saturated heterocycles. The largest absolute Gasteiger partial charge is 0.483 e. The van der Waals surface area contributed by atoms with Crippen LogP contribution in [0.15, 0.2) is 42.5 Å². The lowest BCUT2D eigenvalue weighted by Crippen LogP contribution is -2.45. The maximum absolute atomic E-state index is 11.9. The standard InChI is InChI=1S/C19H20ClN3O4/c1-19(2)10-12-4-3-5-15(17(12)27-19)26-11-16(24)22-23-18(25)21-14-8-6-13(20)7-9-14/h3-9H,10-11H2,1-2H3,(H,22,24)(H2,21,23,25). The number of urea groups is 1. The highest BCUT2D eigenvalue weighted by atomic mass is 35.5. The molecule has 1 aliphatic rings. The summed E-state index contributed by atoms with van der Waals surface area (Å²) in [6, 6.07) is 11.6. The van der Waals surface area contributed by atoms with E-state index in [2.05, 4.69) is 16.2 Å². The van der Waals surface area contributed by atoms with E-state index in [0.29, 0.717) is 22.2 Å². The van der Waals surface area contributed by atoms with Crippen molar-refractivity contribution in [1.82, 2.24) is 10.9 Å². The summed E-state index contributed by atoms with van der Waals surface area (Å²) in [5.41, 5.74) is 5.81. The molecule has 0 spiro atoms. The Morgan fingerprint density at radius 1 is 1.15 bits per heavy atom. The van der Waals surface area contributed by atoms with Crippen molar-refractivity contribution < 1.29 is 19.1 Å². The second-order valence-corrected chi connectivity index (χ2v) is 7.14. The first-order valence-electron chi connectivity index (χ1n) is 8.37. The zero-order chi connectivity index (χ0) is 19.4. The van der Waals surface area contributed by atoms with Crippen LogP contribution >= 0.6 is 11.6 Å². The summed E-state index contributed by atoms with van der Waals surface area (Å²) in [6.45, 7) is 3.72. The van der Waals surface area contributed by atoms with Crippen LogP contribution in [0.3, 0.4) is 0 Å². The van der Waals surface area contributed by atoms with E-state index < -0.39 is 11.9 Å². The average molecular weight is 390 g/mol. The Morgan fingerprint density at radius 2 is 1.89 bits per heavy atom. The first-order valence-corrected chi connectivity index (χ1v) is 8.75. The third-order valence-corrected chi connectivity index (χ3v) is 4.08. The maximum atomic E-state index is 11.9. The van der Waals surface area contributed by atoms with Crippen LogP contribution < -0.4 is 25.6 Å². The molecular weight excluding hydrogens is 370 g/mol. The third kappa shape index (κ3) is 5.04. The number of benzene rings is 2. The Balaban J connectivity index is 1.46. The fourth-order valence-corrected chi connectivity index (χ4v) is 2.83. The summed E-state index contributed by atoms with van der Waals surface area (Å²) in [6.07, 6.45) is 0.776. The molecule has 0 saturated carbocycles. The first-order chi connectivity index (χ1) is 12.8. The molecule has 27 heavy (non-hydrogen) atoms. The van der Waals surface area contributed by atoms with E-state index in [9.17, 15) is 9.59 Å². The van der Waals surface area contributed by atoms with Crippen molar-refractivity contribution in [2.24, 2.45) is 0 Å². The lowest BCUT2D eigenvalue weighted by molar-refractivity contribution is -0.123. The van der Waals surface area contributed by atoms with E-state index in [0.717, 1.165) is 12.0 Å². The van der Waals surface area contributed by atoms with Crippen molar-refractivity contribution in [3.8, 4) is 11.5 Å². The minimum atomic E-state index is -0.587. The zero-order valence-electron chi connectivity index (χ0n) is 15.0. The van der Waals surface area contributed by atoms with Gasteiger partial charge in [0, 0.05) is 22.7 Å². The number of anilines is 1. The predicted octanol–water partition coefficient (Wildman–Crippen LogP) is 3.29. The second kappa shape index (κ2) is 7.75. The molecule has 0 aromatic heterocycles. The highest BCUT2D eigenvalue weighted by Gasteiger charge is 2.32. The van der Waals surface area contributed by atoms with Crippen LogP contribution in [0.25, 0.3) is 0 Å². The topological polar surface area (TPSA) is 88.7 Å². The zero-order valence-corrected chi connectivity index (χ0v) is 15.7. The van der Waals surface area contributed by atoms with Gasteiger partial charge in [-0.3, -0.25) is 10.2 Å². The number of hydrogen-bond acceptors (Lipinski definition) is 4. The van der Waals surface area contributed by atoms with E-state index in [1.165, 1.54) is 0 Å². The Kier molecular flexibility index (Phi) is 5.41. The van der Waals surface area contributed by atoms with E-state index in [1.54, 1.807) is 30.3 Å². The van der Waals surface area contributed by atoms with Gasteiger partial charge in [0.25, 0.3) is 5.91 Å². The molecule has 1 aliphatic heterocycles. The summed E-state index contributed by atoms with van der Waals surface area (Å²) in [5, 5.41) is 3.12. The van der Waals surface area contributed by atoms with Gasteiger partial charge in [0.2, 0.25) is 0 Å². The lowest BCUT2D eigenvalue weighted by atomic mass is 10.0. The van der Waals surface area contributed by atoms with E-state index in [-0.39, 0.29) is 12.2 Å². The predicted molar refractivity (Wildman–Crippen MR) is 102 cm³/mol. The summed E-state index contributed by atoms with van der Waals surface area (Å²) in [7, 11) is 0. The Labute approximate surface area is 162 Å². The molecule has 0 atom stereocenters. The quantitative estimate of drug-likeness (QED) is 0.700. The van der Waals surface area contributed by atoms with Crippen LogP contribution in [0.5, 0.6) is 11.5 Å². The van der Waals surface area contributed by atoms with Gasteiger partial charge in [0.05, 0.1) is 0 Å². The van der Waals surface area contributed by atoms with Crippen LogP contribution in [0.1, 0.15) is 19.4 Å². The molecule has 7 nitrogen and oxygen atoms in total. The molecule has 3 amide bonds. The van der Waals surface area contributed by atoms with Crippen LogP contribution in [-0.2, 0) is 11.2 Å². The van der Waals surface area contributed by atoms with Gasteiger partial charge < -0.3 is 14.8 Å². The van der Waals surface area contributed by atoms with E-state index in [4.69, 9.17) is 21.1 Å². The fourth-order valence-electron chi connectivity index (χ4n) is 2.70. The van der Waals surface area contributed by atoms with E-state index in [1.807, 2.05) is 26.0 Å². The van der Waals surface area contributed by atoms with Crippen molar-refractivity contribution in [1.29, 1.82) is 0 Å². The normalized spacial score (nSPS) is 13.9. The van der Waals surface area contributed by atoms with Gasteiger partial charge in [-0.05, 0) is 44.2 Å². The first kappa shape index (κ1) is 18.8. The molecule has 0 bridgehead atoms. The van der Waals surface area contributed by atoms with Gasteiger partial charge in [-0.25, -0.2) is 10.2 Å². The molecular formula is C19H20ClN3O4. The smallest absolute Gasteiger partial charge is 0.337 e. The van der Waals surface area contributed by atoms with Crippen molar-refractivity contribution in [3.63, 3.8) is 0 Å². The monoisotopic (exact) mass is 389 g/mol. The van der Waals surface area contributed by atoms with Crippen LogP contribution in [0, 0.1) is 0 Å². The average Bonchev–Trinajstić information content (AvgIpc) is 2.94. The number of para-hydroxylation sites is 1. The van der Waals surface area contributed by atoms with Gasteiger partial charge >= 0.3 is 6.03 Å². The number of rotatable bonds is 4. The number of carbonyl (C=O) groups is 2. The maximum Gasteiger partial charge on any atom is 0.337 e. The van der Waals surface area contributed by atoms with Crippen molar-refractivity contribution >= 4 is 29.2 Å². The molecule has 3 rings (SSSR count). The van der Waals surface area contributed by atoms with Gasteiger partial charge in [-0.2, -0.15) is 0 Å². The molecule has 8 heteroatoms. The Bertz CT molecular complexity index is 853. The number of halogens is 1. The Hall–Kier alpha value is -2.93. The summed E-state index contributed by atoms with van der Waals surface area (Å²) in [4.78, 5) is 23.7. The second-order valence-electron chi connectivity index (χ2n) is 6.71. The number of hydrazine groups is 1. The number of hydrogen-bond donors (Lipinski definition) is 3. The van der Waals surface area contributed by atoms with Crippen LogP contribution in [0.4, 0.5) is 10.5 Å². The van der Waals surface area contributed by atoms with Gasteiger partial charge in [-0.15, -0.1) is 0 Å². The minimum Gasteiger partial charge on any atom is -0.483 e. The number of ether oxygens (including phenoxy) is 2. The minimum absolute atomic E-state index is 0.262. The number of carbonyl (C=O) groups excluding carboxylic acids is 2. The summed E-state index contributed by atoms with van der Waals surface area (Å²) in [5.74, 6) is 0.652. The highest BCUT2D eigenvalue weighted by molar-refractivity contribution is 6.30. The van der Waals surface area contributed by atoms with E-state index >= 15 is 0 Å². The fraction of sp³-hybridized carbons (Fsp3) is 0.263. The molecule has 3 N–H and O–H groups in total. The molecule has 0 radical (unpaired) electrons. The van der Waals surface area contributed by atoms with Crippen molar-refractivity contribution in [2.45, 2.75) is 25.9 Å². The lowest BCUT2D eigenvalue weighted by Gasteiger charge is -2.18. The van der Waals surface area contributed by atoms with Crippen LogP contribution in [-0.4, -0.2) is 24.1 Å². The third-order valence-electron chi connectivity index (χ3n) is 3.83. The highest BCUT2D eigenvalue weighted by Crippen LogP contribution is 2.41. The van der Waals surface area contributed by atoms with Gasteiger partial charge in [0.15, 0.2) is 18.1 Å². The van der Waals surface area contributed by atoms with Crippen molar-refractivity contribution in [2.75, 3.05) is 11.9 Å². The molecule has 2 aromatic carbocycles. The summed E-state index contributed by atoms with van der Waals surface area (Å²) < 4.78 is 11.4. The number of fused-ring (bicyclic) bond motifs is 1. The molecule has 2 aromatic rings. The molecule has 0 unspecified atom stereocenters. The van der Waals surface area contributed by atoms with Crippen molar-refractivity contribution in [3.05, 3.63) is 53.1 Å². The van der Waals surface area contributed by atoms with Gasteiger partial charge in [0.1, 0.15) is 5.60 Å². The molecule has 0 fully saturated rings. The number of amides is 3. The SMILES string of the molecule is CC1(C)Cc2cccc(OCC(=O)NNC(=O)Nc3ccc(Cl)cc3)c2O1. The molecule has 0 aliphatic carbocycles. The molecule has 1 heterocycles. The molecule has 142 valence electrons. The summed E-state index contributed by atoms with van der Waals surface area (Å²) >= 11 is 5.78. The Morgan fingerprint density at radius 3 is 2.63 bits per heavy atom.